The number of benzene rings is 2. The van der Waals surface area contributed by atoms with E-state index in [2.05, 4.69) is 22.2 Å². The van der Waals surface area contributed by atoms with Gasteiger partial charge in [0.25, 0.3) is 11.6 Å². The van der Waals surface area contributed by atoms with Crippen molar-refractivity contribution in [2.75, 3.05) is 33.4 Å². The summed E-state index contributed by atoms with van der Waals surface area (Å²) in [4.78, 5) is 29.9. The number of hydrogen-bond acceptors (Lipinski definition) is 7. The molecule has 0 atom stereocenters. The maximum atomic E-state index is 12.7. The summed E-state index contributed by atoms with van der Waals surface area (Å²) < 4.78 is 12.9. The van der Waals surface area contributed by atoms with Crippen LogP contribution in [0, 0.1) is 10.1 Å². The Morgan fingerprint density at radius 1 is 1.29 bits per heavy atom. The number of aromatic nitrogens is 2. The van der Waals surface area contributed by atoms with Gasteiger partial charge in [-0.15, -0.1) is 0 Å². The lowest BCUT2D eigenvalue weighted by molar-refractivity contribution is -0.384. The van der Waals surface area contributed by atoms with Gasteiger partial charge in [-0.05, 0) is 49.7 Å². The maximum absolute atomic E-state index is 12.7. The molecule has 2 aromatic carbocycles. The van der Waals surface area contributed by atoms with Crippen LogP contribution in [0.2, 0.25) is 0 Å². The molecule has 184 valence electrons. The highest BCUT2D eigenvalue weighted by atomic mass is 16.6. The van der Waals surface area contributed by atoms with E-state index in [0.717, 1.165) is 43.9 Å². The lowest BCUT2D eigenvalue weighted by atomic mass is 10.1. The van der Waals surface area contributed by atoms with Crippen LogP contribution in [-0.2, 0) is 11.3 Å². The molecule has 1 aromatic heterocycles. The van der Waals surface area contributed by atoms with Gasteiger partial charge >= 0.3 is 0 Å². The van der Waals surface area contributed by atoms with E-state index in [1.54, 1.807) is 18.3 Å². The van der Waals surface area contributed by atoms with E-state index in [4.69, 9.17) is 9.47 Å². The number of nitrogens with zero attached hydrogens (tertiary/aromatic N) is 4. The number of amides is 1. The molecule has 1 fully saturated rings. The molecule has 4 rings (SSSR count). The van der Waals surface area contributed by atoms with Crippen molar-refractivity contribution in [3.63, 3.8) is 0 Å². The van der Waals surface area contributed by atoms with Crippen LogP contribution in [-0.4, -0.2) is 64.7 Å². The number of rotatable bonds is 10. The van der Waals surface area contributed by atoms with E-state index in [1.807, 2.05) is 24.3 Å². The van der Waals surface area contributed by atoms with Gasteiger partial charge in [0.15, 0.2) is 0 Å². The minimum absolute atomic E-state index is 0.170. The molecule has 0 spiro atoms. The van der Waals surface area contributed by atoms with Gasteiger partial charge in [-0.2, -0.15) is 0 Å². The molecule has 0 radical (unpaired) electrons. The number of nitro benzene ring substituents is 1. The van der Waals surface area contributed by atoms with Crippen LogP contribution < -0.4 is 10.1 Å². The molecule has 1 N–H and O–H groups in total. The summed E-state index contributed by atoms with van der Waals surface area (Å²) in [6.45, 7) is 3.28. The molecule has 0 saturated carbocycles. The van der Waals surface area contributed by atoms with Gasteiger partial charge < -0.3 is 19.4 Å². The van der Waals surface area contributed by atoms with Gasteiger partial charge in [0.1, 0.15) is 18.0 Å². The second-order valence-electron chi connectivity index (χ2n) is 8.43. The summed E-state index contributed by atoms with van der Waals surface area (Å²) >= 11 is 0. The average molecular weight is 480 g/mol. The molecule has 0 bridgehead atoms. The summed E-state index contributed by atoms with van der Waals surface area (Å²) in [5, 5.41) is 14.4. The fourth-order valence-corrected chi connectivity index (χ4v) is 4.08. The highest BCUT2D eigenvalue weighted by Crippen LogP contribution is 2.24. The third-order valence-corrected chi connectivity index (χ3v) is 6.10. The van der Waals surface area contributed by atoms with Crippen LogP contribution >= 0.6 is 0 Å². The summed E-state index contributed by atoms with van der Waals surface area (Å²) in [5.74, 6) is 0.340. The van der Waals surface area contributed by atoms with Crippen LogP contribution in [0.4, 0.5) is 5.69 Å². The normalized spacial score (nSPS) is 14.1. The molecule has 3 aromatic rings. The molecule has 35 heavy (non-hydrogen) atoms. The molecule has 1 aliphatic rings. The predicted octanol–water partition coefficient (Wildman–Crippen LogP) is 3.20. The van der Waals surface area contributed by atoms with Crippen molar-refractivity contribution in [2.24, 2.45) is 0 Å². The number of nitrogens with one attached hydrogen (secondary N) is 1. The van der Waals surface area contributed by atoms with Gasteiger partial charge in [-0.3, -0.25) is 19.8 Å². The second kappa shape index (κ2) is 11.6. The summed E-state index contributed by atoms with van der Waals surface area (Å²) in [7, 11) is 2.11. The lowest BCUT2D eigenvalue weighted by Crippen LogP contribution is -2.38. The van der Waals surface area contributed by atoms with Gasteiger partial charge in [-0.25, -0.2) is 4.98 Å². The third-order valence-electron chi connectivity index (χ3n) is 6.10. The Kier molecular flexibility index (Phi) is 8.07. The molecule has 10 heteroatoms. The smallest absolute Gasteiger partial charge is 0.294 e. The number of carbonyl (C=O) groups is 1. The van der Waals surface area contributed by atoms with Crippen LogP contribution in [0.15, 0.2) is 61.2 Å². The lowest BCUT2D eigenvalue weighted by Gasteiger charge is -2.31. The molecule has 1 amide bonds. The van der Waals surface area contributed by atoms with Crippen molar-refractivity contribution >= 4 is 11.6 Å². The molecule has 0 unspecified atom stereocenters. The Labute approximate surface area is 203 Å². The summed E-state index contributed by atoms with van der Waals surface area (Å²) in [6, 6.07) is 12.5. The third kappa shape index (κ3) is 6.43. The molecule has 1 aliphatic heterocycles. The zero-order chi connectivity index (χ0) is 24.6. The zero-order valence-corrected chi connectivity index (χ0v) is 19.6. The van der Waals surface area contributed by atoms with Crippen LogP contribution in [0.5, 0.6) is 5.75 Å². The van der Waals surface area contributed by atoms with Gasteiger partial charge in [0.05, 0.1) is 11.3 Å². The van der Waals surface area contributed by atoms with Gasteiger partial charge in [-0.1, -0.05) is 12.1 Å². The van der Waals surface area contributed by atoms with E-state index < -0.39 is 10.8 Å². The van der Waals surface area contributed by atoms with Crippen LogP contribution in [0.3, 0.4) is 0 Å². The molecule has 1 saturated heterocycles. The predicted molar refractivity (Wildman–Crippen MR) is 130 cm³/mol. The number of imidazole rings is 1. The van der Waals surface area contributed by atoms with Gasteiger partial charge in [0.2, 0.25) is 0 Å². The van der Waals surface area contributed by atoms with Crippen LogP contribution in [0.1, 0.15) is 28.8 Å². The molecule has 10 nitrogen and oxygen atoms in total. The van der Waals surface area contributed by atoms with Crippen molar-refractivity contribution in [2.45, 2.75) is 25.4 Å². The summed E-state index contributed by atoms with van der Waals surface area (Å²) in [5.41, 5.74) is 1.26. The first-order valence-corrected chi connectivity index (χ1v) is 11.6. The number of ether oxygens (including phenoxy) is 2. The Balaban J connectivity index is 1.31. The van der Waals surface area contributed by atoms with Crippen LogP contribution in [0.25, 0.3) is 5.69 Å². The van der Waals surface area contributed by atoms with Crippen molar-refractivity contribution in [3.05, 3.63) is 82.4 Å². The second-order valence-corrected chi connectivity index (χ2v) is 8.43. The first kappa shape index (κ1) is 24.4. The van der Waals surface area contributed by atoms with E-state index >= 15 is 0 Å². The van der Waals surface area contributed by atoms with Crippen molar-refractivity contribution < 1.29 is 19.2 Å². The first-order chi connectivity index (χ1) is 17.0. The zero-order valence-electron chi connectivity index (χ0n) is 19.6. The minimum atomic E-state index is -0.508. The Morgan fingerprint density at radius 3 is 2.86 bits per heavy atom. The highest BCUT2D eigenvalue weighted by Gasteiger charge is 2.19. The monoisotopic (exact) mass is 479 g/mol. The average Bonchev–Trinajstić information content (AvgIpc) is 3.42. The number of carbonyl (C=O) groups excluding carboxylic acids is 1. The Morgan fingerprint density at radius 2 is 2.11 bits per heavy atom. The standard InChI is InChI=1S/C25H29N5O5/c1-28(21-7-12-34-13-8-21)11-14-35-22-4-2-3-19(15-22)17-27-25(31)20-5-6-23(24(16-20)30(32)33)29-10-9-26-18-29/h2-6,9-10,15-16,18,21H,7-8,11-14,17H2,1H3,(H,27,31). The maximum Gasteiger partial charge on any atom is 0.294 e. The number of likely N-dealkylation sites (N-methyl/N-ethyl adjacent to an activating group) is 1. The van der Waals surface area contributed by atoms with Crippen molar-refractivity contribution in [1.29, 1.82) is 0 Å². The first-order valence-electron chi connectivity index (χ1n) is 11.6. The molecular formula is C25H29N5O5. The van der Waals surface area contributed by atoms with Crippen molar-refractivity contribution in [1.82, 2.24) is 19.8 Å². The Hall–Kier alpha value is -3.76. The fraction of sp³-hybridized carbons (Fsp3) is 0.360. The minimum Gasteiger partial charge on any atom is -0.492 e. The topological polar surface area (TPSA) is 112 Å². The molecular weight excluding hydrogens is 450 g/mol. The van der Waals surface area contributed by atoms with E-state index in [-0.39, 0.29) is 17.8 Å². The molecule has 2 heterocycles. The quantitative estimate of drug-likeness (QED) is 0.351. The van der Waals surface area contributed by atoms with Gasteiger partial charge in [0, 0.05) is 56.4 Å². The van der Waals surface area contributed by atoms with E-state index in [9.17, 15) is 14.9 Å². The highest BCUT2D eigenvalue weighted by molar-refractivity contribution is 5.95. The fourth-order valence-electron chi connectivity index (χ4n) is 4.08. The SMILES string of the molecule is CN(CCOc1cccc(CNC(=O)c2ccc(-n3ccnc3)c([N+](=O)[O-])c2)c1)C1CCOCC1. The van der Waals surface area contributed by atoms with E-state index in [0.29, 0.717) is 18.3 Å². The number of nitro groups is 1. The number of hydrogen-bond donors (Lipinski definition) is 1. The van der Waals surface area contributed by atoms with E-state index in [1.165, 1.54) is 23.2 Å². The largest absolute Gasteiger partial charge is 0.492 e. The summed E-state index contributed by atoms with van der Waals surface area (Å²) in [6.07, 6.45) is 6.70. The Bertz CT molecular complexity index is 1140. The van der Waals surface area contributed by atoms with Crippen molar-refractivity contribution in [3.8, 4) is 11.4 Å². The molecule has 0 aliphatic carbocycles.